The van der Waals surface area contributed by atoms with Crippen LogP contribution in [0.5, 0.6) is 0 Å². The molecule has 0 aromatic heterocycles. The molecule has 2 atom stereocenters. The fraction of sp³-hybridized carbons (Fsp3) is 1.00. The molecule has 0 bridgehead atoms. The van der Waals surface area contributed by atoms with Crippen molar-refractivity contribution in [3.8, 4) is 0 Å². The molecule has 80 valence electrons. The van der Waals surface area contributed by atoms with Crippen molar-refractivity contribution in [2.45, 2.75) is 9.83 Å². The first kappa shape index (κ1) is 15.1. The van der Waals surface area contributed by atoms with Crippen LogP contribution in [0.3, 0.4) is 0 Å². The van der Waals surface area contributed by atoms with Gasteiger partial charge in [0.15, 0.2) is 0 Å². The van der Waals surface area contributed by atoms with Gasteiger partial charge >= 0.3 is 0 Å². The first-order chi connectivity index (χ1) is 6.26. The van der Waals surface area contributed by atoms with Crippen LogP contribution in [0, 0.1) is 0 Å². The molecule has 0 aliphatic carbocycles. The van der Waals surface area contributed by atoms with E-state index in [1.165, 1.54) is 0 Å². The Morgan fingerprint density at radius 1 is 0.923 bits per heavy atom. The SMILES string of the molecule is SCCSC(S)C(CS)SCCS. The molecule has 0 aromatic rings. The van der Waals surface area contributed by atoms with Gasteiger partial charge in [0.05, 0.1) is 4.58 Å². The lowest BCUT2D eigenvalue weighted by Crippen LogP contribution is -2.18. The van der Waals surface area contributed by atoms with Gasteiger partial charge in [0.2, 0.25) is 0 Å². The molecule has 0 aromatic carbocycles. The third-order valence-electron chi connectivity index (χ3n) is 1.30. The van der Waals surface area contributed by atoms with Crippen molar-refractivity contribution < 1.29 is 0 Å². The summed E-state index contributed by atoms with van der Waals surface area (Å²) in [6.45, 7) is 0. The number of hydrogen-bond donors (Lipinski definition) is 4. The van der Waals surface area contributed by atoms with Crippen molar-refractivity contribution in [1.82, 2.24) is 0 Å². The summed E-state index contributed by atoms with van der Waals surface area (Å²) in [6, 6.07) is 0. The van der Waals surface area contributed by atoms with E-state index < -0.39 is 0 Å². The van der Waals surface area contributed by atoms with Crippen LogP contribution >= 0.6 is 74.0 Å². The largest absolute Gasteiger partial charge is 0.179 e. The first-order valence-corrected chi connectivity index (χ1v) is 8.51. The van der Waals surface area contributed by atoms with E-state index in [0.29, 0.717) is 9.83 Å². The Morgan fingerprint density at radius 3 is 1.92 bits per heavy atom. The third kappa shape index (κ3) is 7.96. The predicted molar refractivity (Wildman–Crippen MR) is 83.0 cm³/mol. The van der Waals surface area contributed by atoms with E-state index in [-0.39, 0.29) is 0 Å². The zero-order chi connectivity index (χ0) is 10.1. The Morgan fingerprint density at radius 2 is 1.46 bits per heavy atom. The Hall–Kier alpha value is 2.10. The minimum Gasteiger partial charge on any atom is -0.179 e. The molecule has 2 unspecified atom stereocenters. The van der Waals surface area contributed by atoms with Gasteiger partial charge in [-0.05, 0) is 11.5 Å². The molecule has 0 fully saturated rings. The molecular weight excluding hydrogens is 276 g/mol. The molecule has 0 nitrogen and oxygen atoms in total. The van der Waals surface area contributed by atoms with Gasteiger partial charge in [-0.1, -0.05) is 0 Å². The highest BCUT2D eigenvalue weighted by molar-refractivity contribution is 8.12. The minimum absolute atomic E-state index is 0.370. The summed E-state index contributed by atoms with van der Waals surface area (Å²) in [5.74, 6) is 4.85. The lowest BCUT2D eigenvalue weighted by atomic mass is 10.5. The normalized spacial score (nSPS) is 15.7. The number of rotatable bonds is 8. The Labute approximate surface area is 112 Å². The van der Waals surface area contributed by atoms with Crippen LogP contribution in [0.1, 0.15) is 0 Å². The van der Waals surface area contributed by atoms with Gasteiger partial charge in [-0.2, -0.15) is 62.3 Å². The van der Waals surface area contributed by atoms with Crippen molar-refractivity contribution >= 4 is 74.0 Å². The zero-order valence-electron chi connectivity index (χ0n) is 7.30. The zero-order valence-corrected chi connectivity index (χ0v) is 12.5. The molecule has 0 heterocycles. The summed E-state index contributed by atoms with van der Waals surface area (Å²) >= 11 is 21.0. The molecule has 0 rings (SSSR count). The summed E-state index contributed by atoms with van der Waals surface area (Å²) in [5, 5.41) is 0.517. The van der Waals surface area contributed by atoms with Gasteiger partial charge in [-0.3, -0.25) is 0 Å². The Balaban J connectivity index is 3.63. The molecule has 0 radical (unpaired) electrons. The fourth-order valence-electron chi connectivity index (χ4n) is 0.710. The minimum atomic E-state index is 0.370. The molecule has 0 N–H and O–H groups in total. The van der Waals surface area contributed by atoms with Crippen molar-refractivity contribution in [2.75, 3.05) is 28.8 Å². The lowest BCUT2D eigenvalue weighted by molar-refractivity contribution is 1.10. The molecule has 13 heavy (non-hydrogen) atoms. The predicted octanol–water partition coefficient (Wildman–Crippen LogP) is 2.87. The second-order valence-electron chi connectivity index (χ2n) is 2.30. The van der Waals surface area contributed by atoms with Gasteiger partial charge in [-0.15, -0.1) is 11.8 Å². The van der Waals surface area contributed by atoms with Gasteiger partial charge in [0.1, 0.15) is 0 Å². The van der Waals surface area contributed by atoms with E-state index in [4.69, 9.17) is 0 Å². The quantitative estimate of drug-likeness (QED) is 0.401. The van der Waals surface area contributed by atoms with Crippen molar-refractivity contribution in [3.63, 3.8) is 0 Å². The van der Waals surface area contributed by atoms with Gasteiger partial charge in [0.25, 0.3) is 0 Å². The monoisotopic (exact) mass is 292 g/mol. The van der Waals surface area contributed by atoms with E-state index in [9.17, 15) is 0 Å². The molecule has 0 saturated carbocycles. The second-order valence-corrected chi connectivity index (χ2v) is 7.06. The second kappa shape index (κ2) is 10.6. The smallest absolute Gasteiger partial charge is 0.0599 e. The number of hydrogen-bond acceptors (Lipinski definition) is 6. The summed E-state index contributed by atoms with van der Waals surface area (Å²) < 4.78 is 0.370. The topological polar surface area (TPSA) is 0 Å². The molecule has 0 aliphatic rings. The summed E-state index contributed by atoms with van der Waals surface area (Å²) in [4.78, 5) is 0. The van der Waals surface area contributed by atoms with Gasteiger partial charge < -0.3 is 0 Å². The highest BCUT2D eigenvalue weighted by atomic mass is 32.2. The van der Waals surface area contributed by atoms with E-state index in [1.807, 2.05) is 23.5 Å². The number of thioether (sulfide) groups is 2. The van der Waals surface area contributed by atoms with Crippen molar-refractivity contribution in [2.24, 2.45) is 0 Å². The lowest BCUT2D eigenvalue weighted by Gasteiger charge is -2.19. The number of thiol groups is 4. The Bertz CT molecular complexity index is 109. The average molecular weight is 293 g/mol. The highest BCUT2D eigenvalue weighted by Gasteiger charge is 2.16. The fourth-order valence-corrected chi connectivity index (χ4v) is 4.67. The van der Waals surface area contributed by atoms with Crippen LogP contribution in [-0.4, -0.2) is 38.6 Å². The van der Waals surface area contributed by atoms with Crippen LogP contribution in [0.15, 0.2) is 0 Å². The van der Waals surface area contributed by atoms with Crippen LogP contribution in [0.25, 0.3) is 0 Å². The molecular formula is C7H16S6. The van der Waals surface area contributed by atoms with Crippen LogP contribution in [0.2, 0.25) is 0 Å². The van der Waals surface area contributed by atoms with E-state index in [2.05, 4.69) is 50.5 Å². The van der Waals surface area contributed by atoms with E-state index in [1.54, 1.807) is 0 Å². The highest BCUT2D eigenvalue weighted by Crippen LogP contribution is 2.28. The molecule has 0 saturated heterocycles. The summed E-state index contributed by atoms with van der Waals surface area (Å²) in [7, 11) is 0. The molecule has 0 aliphatic heterocycles. The van der Waals surface area contributed by atoms with Gasteiger partial charge in [0, 0.05) is 22.5 Å². The van der Waals surface area contributed by atoms with Crippen LogP contribution < -0.4 is 0 Å². The van der Waals surface area contributed by atoms with Crippen molar-refractivity contribution in [3.05, 3.63) is 0 Å². The van der Waals surface area contributed by atoms with Crippen molar-refractivity contribution in [1.29, 1.82) is 0 Å². The molecule has 6 heteroatoms. The standard InChI is InChI=1S/C7H16S6/c8-1-3-12-6(5-10)7(11)13-4-2-9/h6-11H,1-5H2. The first-order valence-electron chi connectivity index (χ1n) is 4.00. The maximum absolute atomic E-state index is 4.55. The summed E-state index contributed by atoms with van der Waals surface area (Å²) in [5.41, 5.74) is 0. The third-order valence-corrected chi connectivity index (χ3v) is 6.59. The summed E-state index contributed by atoms with van der Waals surface area (Å²) in [6.07, 6.45) is 0. The molecule has 0 amide bonds. The van der Waals surface area contributed by atoms with Gasteiger partial charge in [-0.25, -0.2) is 0 Å². The average Bonchev–Trinajstić information content (AvgIpc) is 2.16. The van der Waals surface area contributed by atoms with Crippen LogP contribution in [-0.2, 0) is 0 Å². The van der Waals surface area contributed by atoms with Crippen LogP contribution in [0.4, 0.5) is 0 Å². The maximum atomic E-state index is 4.55. The maximum Gasteiger partial charge on any atom is 0.0599 e. The van der Waals surface area contributed by atoms with E-state index >= 15 is 0 Å². The Kier molecular flexibility index (Phi) is 12.3. The van der Waals surface area contributed by atoms with E-state index in [0.717, 1.165) is 28.8 Å². The molecule has 0 spiro atoms.